The van der Waals surface area contributed by atoms with Crippen LogP contribution in [0.3, 0.4) is 0 Å². The number of alkyl carbamates (subject to hydrolysis) is 1. The van der Waals surface area contributed by atoms with E-state index in [0.29, 0.717) is 24.0 Å². The molecule has 2 fully saturated rings. The molecule has 44 heavy (non-hydrogen) atoms. The van der Waals surface area contributed by atoms with Crippen molar-refractivity contribution in [1.29, 1.82) is 0 Å². The van der Waals surface area contributed by atoms with Crippen LogP contribution < -0.4 is 15.4 Å². The first-order chi connectivity index (χ1) is 20.9. The number of piperidine rings is 1. The van der Waals surface area contributed by atoms with Crippen LogP contribution in [0.25, 0.3) is 0 Å². The van der Waals surface area contributed by atoms with E-state index >= 15 is 0 Å². The molecule has 1 aliphatic carbocycles. The molecule has 2 aromatic rings. The van der Waals surface area contributed by atoms with Gasteiger partial charge < -0.3 is 29.9 Å². The number of halogens is 1. The average molecular weight is 613 g/mol. The van der Waals surface area contributed by atoms with Crippen molar-refractivity contribution in [3.05, 3.63) is 42.1 Å². The molecule has 2 heterocycles. The van der Waals surface area contributed by atoms with Gasteiger partial charge in [-0.3, -0.25) is 4.79 Å². The van der Waals surface area contributed by atoms with E-state index in [9.17, 15) is 14.0 Å². The SMILES string of the molecule is CCN(C(=O)c1cc(F)ccc1Oc1cncnc1NC1CCN(C[C@H]2CC[C@H](NC(=O)OC(C)(C)C)CC2)CC1)C(C)C. The Labute approximate surface area is 261 Å². The number of hydrogen-bond donors (Lipinski definition) is 2. The average Bonchev–Trinajstić information content (AvgIpc) is 2.96. The van der Waals surface area contributed by atoms with E-state index in [1.54, 1.807) is 11.1 Å². The van der Waals surface area contributed by atoms with Gasteiger partial charge in [-0.25, -0.2) is 19.2 Å². The van der Waals surface area contributed by atoms with Gasteiger partial charge >= 0.3 is 6.09 Å². The summed E-state index contributed by atoms with van der Waals surface area (Å²) in [6, 6.07) is 4.34. The smallest absolute Gasteiger partial charge is 0.407 e. The molecule has 0 atom stereocenters. The number of hydrogen-bond acceptors (Lipinski definition) is 8. The number of amides is 2. The summed E-state index contributed by atoms with van der Waals surface area (Å²) >= 11 is 0. The van der Waals surface area contributed by atoms with Gasteiger partial charge in [0.1, 0.15) is 23.5 Å². The third kappa shape index (κ3) is 9.51. The summed E-state index contributed by atoms with van der Waals surface area (Å²) in [6.07, 6.45) is 8.78. The highest BCUT2D eigenvalue weighted by molar-refractivity contribution is 5.97. The molecule has 2 aliphatic rings. The second-order valence-corrected chi connectivity index (χ2v) is 13.2. The molecule has 1 saturated heterocycles. The molecule has 1 saturated carbocycles. The molecular weight excluding hydrogens is 563 g/mol. The topological polar surface area (TPSA) is 109 Å². The van der Waals surface area contributed by atoms with Crippen molar-refractivity contribution in [3.63, 3.8) is 0 Å². The second-order valence-electron chi connectivity index (χ2n) is 13.2. The van der Waals surface area contributed by atoms with Crippen LogP contribution in [0.4, 0.5) is 15.0 Å². The molecule has 0 bridgehead atoms. The summed E-state index contributed by atoms with van der Waals surface area (Å²) in [6.45, 7) is 14.9. The largest absolute Gasteiger partial charge is 0.451 e. The number of carbonyl (C=O) groups excluding carboxylic acids is 2. The van der Waals surface area contributed by atoms with Gasteiger partial charge in [0.2, 0.25) is 0 Å². The van der Waals surface area contributed by atoms with E-state index in [1.807, 2.05) is 41.5 Å². The van der Waals surface area contributed by atoms with Crippen molar-refractivity contribution in [2.45, 2.75) is 104 Å². The standard InChI is InChI=1S/C33H49FN6O4/c1-7-40(22(2)3)31(41)27-18-24(34)10-13-28(27)43-29-19-35-21-36-30(29)37-26-14-16-39(17-15-26)20-23-8-11-25(12-9-23)38-32(42)44-33(4,5)6/h10,13,18-19,21-23,25-26H,7-9,11-12,14-17,20H2,1-6H3,(H,38,42)(H,35,36,37)/t23-,25-. The van der Waals surface area contributed by atoms with Crippen LogP contribution in [0, 0.1) is 11.7 Å². The lowest BCUT2D eigenvalue weighted by Gasteiger charge is -2.37. The monoisotopic (exact) mass is 612 g/mol. The second kappa shape index (κ2) is 15.0. The number of anilines is 1. The molecule has 0 unspecified atom stereocenters. The van der Waals surface area contributed by atoms with E-state index in [4.69, 9.17) is 9.47 Å². The fourth-order valence-electron chi connectivity index (χ4n) is 6.06. The maximum absolute atomic E-state index is 14.2. The zero-order chi connectivity index (χ0) is 31.9. The molecule has 0 radical (unpaired) electrons. The van der Waals surface area contributed by atoms with Crippen LogP contribution in [0.15, 0.2) is 30.7 Å². The summed E-state index contributed by atoms with van der Waals surface area (Å²) in [5, 5.41) is 6.55. The Balaban J connectivity index is 1.29. The minimum absolute atomic E-state index is 0.0389. The third-order valence-electron chi connectivity index (χ3n) is 8.31. The van der Waals surface area contributed by atoms with E-state index < -0.39 is 11.4 Å². The van der Waals surface area contributed by atoms with Crippen LogP contribution in [0.5, 0.6) is 11.5 Å². The van der Waals surface area contributed by atoms with Crippen molar-refractivity contribution < 1.29 is 23.5 Å². The van der Waals surface area contributed by atoms with Crippen LogP contribution in [-0.4, -0.2) is 81.7 Å². The predicted molar refractivity (Wildman–Crippen MR) is 169 cm³/mol. The Kier molecular flexibility index (Phi) is 11.4. The lowest BCUT2D eigenvalue weighted by atomic mass is 9.85. The summed E-state index contributed by atoms with van der Waals surface area (Å²) in [5.41, 5.74) is -0.320. The number of rotatable bonds is 10. The quantitative estimate of drug-likeness (QED) is 0.325. The van der Waals surface area contributed by atoms with Crippen LogP contribution in [0.2, 0.25) is 0 Å². The molecule has 1 aromatic heterocycles. The van der Waals surface area contributed by atoms with Crippen LogP contribution in [-0.2, 0) is 4.74 Å². The zero-order valence-electron chi connectivity index (χ0n) is 27.1. The number of nitrogens with zero attached hydrogens (tertiary/aromatic N) is 4. The summed E-state index contributed by atoms with van der Waals surface area (Å²) in [4.78, 5) is 38.2. The Morgan fingerprint density at radius 3 is 2.41 bits per heavy atom. The number of carbonyl (C=O) groups is 2. The number of likely N-dealkylation sites (tertiary alicyclic amines) is 1. The van der Waals surface area contributed by atoms with E-state index in [2.05, 4.69) is 25.5 Å². The zero-order valence-corrected chi connectivity index (χ0v) is 27.1. The van der Waals surface area contributed by atoms with Gasteiger partial charge in [0, 0.05) is 44.3 Å². The molecule has 10 nitrogen and oxygen atoms in total. The summed E-state index contributed by atoms with van der Waals surface area (Å²) < 4.78 is 25.8. The molecular formula is C33H49FN6O4. The lowest BCUT2D eigenvalue weighted by Crippen LogP contribution is -2.44. The Hall–Kier alpha value is -3.47. The number of ether oxygens (including phenoxy) is 2. The Morgan fingerprint density at radius 1 is 1.07 bits per heavy atom. The van der Waals surface area contributed by atoms with Gasteiger partial charge in [0.15, 0.2) is 11.6 Å². The van der Waals surface area contributed by atoms with Crippen LogP contribution in [0.1, 0.15) is 90.4 Å². The minimum Gasteiger partial charge on any atom is -0.451 e. The van der Waals surface area contributed by atoms with Crippen molar-refractivity contribution >= 4 is 17.8 Å². The van der Waals surface area contributed by atoms with Gasteiger partial charge in [0.25, 0.3) is 5.91 Å². The molecule has 2 amide bonds. The third-order valence-corrected chi connectivity index (χ3v) is 8.31. The molecule has 1 aliphatic heterocycles. The predicted octanol–water partition coefficient (Wildman–Crippen LogP) is 6.24. The van der Waals surface area contributed by atoms with Crippen LogP contribution >= 0.6 is 0 Å². The highest BCUT2D eigenvalue weighted by Crippen LogP contribution is 2.32. The minimum atomic E-state index is -0.500. The molecule has 0 spiro atoms. The van der Waals surface area contributed by atoms with E-state index in [0.717, 1.165) is 58.2 Å². The maximum atomic E-state index is 14.2. The first kappa shape index (κ1) is 33.4. The molecule has 11 heteroatoms. The number of benzene rings is 1. The Morgan fingerprint density at radius 2 is 1.77 bits per heavy atom. The molecule has 4 rings (SSSR count). The number of aromatic nitrogens is 2. The van der Waals surface area contributed by atoms with Gasteiger partial charge in [-0.15, -0.1) is 0 Å². The summed E-state index contributed by atoms with van der Waals surface area (Å²) in [7, 11) is 0. The fourth-order valence-corrected chi connectivity index (χ4v) is 6.06. The Bertz CT molecular complexity index is 1250. The van der Waals surface area contributed by atoms with Crippen molar-refractivity contribution in [3.8, 4) is 11.5 Å². The van der Waals surface area contributed by atoms with Crippen molar-refractivity contribution in [2.24, 2.45) is 5.92 Å². The normalized spacial score (nSPS) is 19.8. The van der Waals surface area contributed by atoms with E-state index in [1.165, 1.54) is 24.5 Å². The number of nitrogens with one attached hydrogen (secondary N) is 2. The highest BCUT2D eigenvalue weighted by Gasteiger charge is 2.28. The lowest BCUT2D eigenvalue weighted by molar-refractivity contribution is 0.0482. The fraction of sp³-hybridized carbons (Fsp3) is 0.636. The van der Waals surface area contributed by atoms with Crippen molar-refractivity contribution in [2.75, 3.05) is 31.5 Å². The summed E-state index contributed by atoms with van der Waals surface area (Å²) in [5.74, 6) is 1.04. The van der Waals surface area contributed by atoms with Gasteiger partial charge in [-0.05, 0) is 104 Å². The van der Waals surface area contributed by atoms with Gasteiger partial charge in [0.05, 0.1) is 11.8 Å². The van der Waals surface area contributed by atoms with Gasteiger partial charge in [-0.2, -0.15) is 0 Å². The highest BCUT2D eigenvalue weighted by atomic mass is 19.1. The first-order valence-corrected chi connectivity index (χ1v) is 16.0. The molecule has 1 aromatic carbocycles. The van der Waals surface area contributed by atoms with E-state index in [-0.39, 0.29) is 41.4 Å². The molecule has 2 N–H and O–H groups in total. The maximum Gasteiger partial charge on any atom is 0.407 e. The van der Waals surface area contributed by atoms with Gasteiger partial charge in [-0.1, -0.05) is 0 Å². The van der Waals surface area contributed by atoms with Crippen molar-refractivity contribution in [1.82, 2.24) is 25.1 Å². The first-order valence-electron chi connectivity index (χ1n) is 16.0. The molecule has 242 valence electrons.